The maximum atomic E-state index is 12.9. The van der Waals surface area contributed by atoms with Crippen LogP contribution in [-0.4, -0.2) is 38.2 Å². The van der Waals surface area contributed by atoms with Gasteiger partial charge in [0.25, 0.3) is 5.56 Å². The van der Waals surface area contributed by atoms with Crippen LogP contribution >= 0.6 is 22.7 Å². The van der Waals surface area contributed by atoms with Gasteiger partial charge in [-0.2, -0.15) is 0 Å². The van der Waals surface area contributed by atoms with E-state index >= 15 is 0 Å². The first-order chi connectivity index (χ1) is 12.9. The Kier molecular flexibility index (Phi) is 4.96. The SMILES string of the molecule is Cc1ccsc1CN1CCC(O)(Cn2cnc3sc(C)c(C)c3c2=O)CC1. The number of nitrogens with zero attached hydrogens (tertiary/aromatic N) is 3. The Morgan fingerprint density at radius 2 is 2.00 bits per heavy atom. The van der Waals surface area contributed by atoms with E-state index in [0.29, 0.717) is 24.8 Å². The lowest BCUT2D eigenvalue weighted by atomic mass is 9.91. The highest BCUT2D eigenvalue weighted by molar-refractivity contribution is 7.18. The van der Waals surface area contributed by atoms with Crippen molar-refractivity contribution in [2.75, 3.05) is 13.1 Å². The molecular formula is C20H25N3O2S2. The molecule has 3 aromatic rings. The maximum Gasteiger partial charge on any atom is 0.262 e. The molecule has 1 saturated heterocycles. The summed E-state index contributed by atoms with van der Waals surface area (Å²) >= 11 is 3.35. The number of likely N-dealkylation sites (tertiary alicyclic amines) is 1. The van der Waals surface area contributed by atoms with Crippen LogP contribution in [0.5, 0.6) is 0 Å². The number of fused-ring (bicyclic) bond motifs is 1. The van der Waals surface area contributed by atoms with Crippen molar-refractivity contribution in [1.29, 1.82) is 0 Å². The molecule has 0 unspecified atom stereocenters. The molecule has 5 nitrogen and oxygen atoms in total. The minimum Gasteiger partial charge on any atom is -0.388 e. The van der Waals surface area contributed by atoms with E-state index in [1.54, 1.807) is 33.6 Å². The van der Waals surface area contributed by atoms with Gasteiger partial charge >= 0.3 is 0 Å². The summed E-state index contributed by atoms with van der Waals surface area (Å²) in [4.78, 5) is 23.1. The number of piperidine rings is 1. The van der Waals surface area contributed by atoms with E-state index in [1.807, 2.05) is 13.8 Å². The molecule has 0 aromatic carbocycles. The number of aryl methyl sites for hydroxylation is 3. The third-order valence-electron chi connectivity index (χ3n) is 5.74. The largest absolute Gasteiger partial charge is 0.388 e. The van der Waals surface area contributed by atoms with Crippen LogP contribution in [0.2, 0.25) is 0 Å². The van der Waals surface area contributed by atoms with Crippen LogP contribution in [0, 0.1) is 20.8 Å². The minimum atomic E-state index is -0.848. The van der Waals surface area contributed by atoms with Crippen LogP contribution in [-0.2, 0) is 13.1 Å². The Morgan fingerprint density at radius 1 is 1.26 bits per heavy atom. The molecule has 0 radical (unpaired) electrons. The summed E-state index contributed by atoms with van der Waals surface area (Å²) in [6.45, 7) is 9.08. The van der Waals surface area contributed by atoms with Crippen LogP contribution in [0.15, 0.2) is 22.6 Å². The van der Waals surface area contributed by atoms with Gasteiger partial charge in [-0.05, 0) is 56.2 Å². The monoisotopic (exact) mass is 403 g/mol. The number of thiophene rings is 2. The fourth-order valence-corrected chi connectivity index (χ4v) is 5.69. The average molecular weight is 404 g/mol. The van der Waals surface area contributed by atoms with E-state index in [0.717, 1.165) is 34.9 Å². The zero-order valence-electron chi connectivity index (χ0n) is 16.0. The number of hydrogen-bond donors (Lipinski definition) is 1. The molecule has 0 spiro atoms. The van der Waals surface area contributed by atoms with Gasteiger partial charge in [0.1, 0.15) is 4.83 Å². The standard InChI is InChI=1S/C20H25N3O2S2/c1-13-4-9-26-16(13)10-22-7-5-20(25,6-8-22)11-23-12-21-18-17(19(23)24)14(2)15(3)27-18/h4,9,12,25H,5-8,10-11H2,1-3H3. The molecule has 0 amide bonds. The summed E-state index contributed by atoms with van der Waals surface area (Å²) in [5, 5.41) is 13.9. The van der Waals surface area contributed by atoms with Crippen molar-refractivity contribution in [2.24, 2.45) is 0 Å². The van der Waals surface area contributed by atoms with Crippen LogP contribution in [0.25, 0.3) is 10.2 Å². The molecule has 4 heterocycles. The van der Waals surface area contributed by atoms with Gasteiger partial charge in [-0.15, -0.1) is 22.7 Å². The smallest absolute Gasteiger partial charge is 0.262 e. The average Bonchev–Trinajstić information content (AvgIpc) is 3.16. The van der Waals surface area contributed by atoms with Crippen LogP contribution in [0.3, 0.4) is 0 Å². The second kappa shape index (κ2) is 7.13. The zero-order valence-corrected chi connectivity index (χ0v) is 17.6. The highest BCUT2D eigenvalue weighted by Crippen LogP contribution is 2.28. The van der Waals surface area contributed by atoms with E-state index in [2.05, 4.69) is 28.3 Å². The molecule has 144 valence electrons. The van der Waals surface area contributed by atoms with E-state index in [1.165, 1.54) is 10.4 Å². The van der Waals surface area contributed by atoms with Crippen LogP contribution in [0.1, 0.15) is 33.7 Å². The molecular weight excluding hydrogens is 378 g/mol. The first-order valence-electron chi connectivity index (χ1n) is 9.29. The van der Waals surface area contributed by atoms with Crippen molar-refractivity contribution >= 4 is 32.9 Å². The normalized spacial score (nSPS) is 17.6. The van der Waals surface area contributed by atoms with Gasteiger partial charge in [0.2, 0.25) is 0 Å². The predicted octanol–water partition coefficient (Wildman–Crippen LogP) is 3.47. The van der Waals surface area contributed by atoms with Crippen molar-refractivity contribution in [3.05, 3.63) is 49.0 Å². The Morgan fingerprint density at radius 3 is 2.67 bits per heavy atom. The third-order valence-corrected chi connectivity index (χ3v) is 7.87. The van der Waals surface area contributed by atoms with Gasteiger partial charge in [0, 0.05) is 29.4 Å². The van der Waals surface area contributed by atoms with Gasteiger partial charge in [0.15, 0.2) is 0 Å². The molecule has 1 aliphatic heterocycles. The first-order valence-corrected chi connectivity index (χ1v) is 11.0. The van der Waals surface area contributed by atoms with Gasteiger partial charge < -0.3 is 5.11 Å². The lowest BCUT2D eigenvalue weighted by molar-refractivity contribution is -0.0363. The van der Waals surface area contributed by atoms with E-state index < -0.39 is 5.60 Å². The Labute approximate surface area is 166 Å². The molecule has 1 fully saturated rings. The van der Waals surface area contributed by atoms with Crippen LogP contribution in [0.4, 0.5) is 0 Å². The summed E-state index contributed by atoms with van der Waals surface area (Å²) in [7, 11) is 0. The molecule has 3 aromatic heterocycles. The lowest BCUT2D eigenvalue weighted by Crippen LogP contribution is -2.47. The van der Waals surface area contributed by atoms with E-state index in [-0.39, 0.29) is 5.56 Å². The molecule has 0 aliphatic carbocycles. The summed E-state index contributed by atoms with van der Waals surface area (Å²) in [6, 6.07) is 2.16. The first kappa shape index (κ1) is 18.8. The molecule has 0 bridgehead atoms. The summed E-state index contributed by atoms with van der Waals surface area (Å²) in [6.07, 6.45) is 2.94. The zero-order chi connectivity index (χ0) is 19.2. The molecule has 1 aliphatic rings. The highest BCUT2D eigenvalue weighted by Gasteiger charge is 2.33. The van der Waals surface area contributed by atoms with Crippen molar-refractivity contribution in [1.82, 2.24) is 14.5 Å². The summed E-state index contributed by atoms with van der Waals surface area (Å²) in [5.74, 6) is 0. The predicted molar refractivity (Wildman–Crippen MR) is 112 cm³/mol. The minimum absolute atomic E-state index is 0.0353. The van der Waals surface area contributed by atoms with Gasteiger partial charge in [-0.25, -0.2) is 4.98 Å². The molecule has 4 rings (SSSR count). The molecule has 0 saturated carbocycles. The number of rotatable bonds is 4. The maximum absolute atomic E-state index is 12.9. The Hall–Kier alpha value is -1.54. The second-order valence-corrected chi connectivity index (χ2v) is 9.87. The van der Waals surface area contributed by atoms with E-state index in [4.69, 9.17) is 0 Å². The molecule has 1 N–H and O–H groups in total. The van der Waals surface area contributed by atoms with E-state index in [9.17, 15) is 9.90 Å². The topological polar surface area (TPSA) is 58.4 Å². The summed E-state index contributed by atoms with van der Waals surface area (Å²) in [5.41, 5.74) is 1.47. The van der Waals surface area contributed by atoms with Crippen molar-refractivity contribution < 1.29 is 5.11 Å². The number of hydrogen-bond acceptors (Lipinski definition) is 6. The highest BCUT2D eigenvalue weighted by atomic mass is 32.1. The molecule has 7 heteroatoms. The molecule has 27 heavy (non-hydrogen) atoms. The Bertz CT molecular complexity index is 1030. The van der Waals surface area contributed by atoms with Gasteiger partial charge in [0.05, 0.1) is 23.9 Å². The van der Waals surface area contributed by atoms with Crippen molar-refractivity contribution in [3.63, 3.8) is 0 Å². The van der Waals surface area contributed by atoms with Gasteiger partial charge in [-0.3, -0.25) is 14.3 Å². The van der Waals surface area contributed by atoms with Gasteiger partial charge in [-0.1, -0.05) is 0 Å². The lowest BCUT2D eigenvalue weighted by Gasteiger charge is -2.38. The third kappa shape index (κ3) is 3.61. The van der Waals surface area contributed by atoms with Crippen LogP contribution < -0.4 is 5.56 Å². The van der Waals surface area contributed by atoms with Crippen molar-refractivity contribution in [2.45, 2.75) is 52.3 Å². The Balaban J connectivity index is 1.48. The fraction of sp³-hybridized carbons (Fsp3) is 0.500. The number of aliphatic hydroxyl groups is 1. The quantitative estimate of drug-likeness (QED) is 0.725. The van der Waals surface area contributed by atoms with Crippen molar-refractivity contribution in [3.8, 4) is 0 Å². The second-order valence-electron chi connectivity index (χ2n) is 7.67. The summed E-state index contributed by atoms with van der Waals surface area (Å²) < 4.78 is 1.60. The molecule has 0 atom stereocenters. The fourth-order valence-electron chi connectivity index (χ4n) is 3.75. The number of aromatic nitrogens is 2.